The minimum atomic E-state index is -0.380. The topological polar surface area (TPSA) is 77.1 Å². The molecule has 0 bridgehead atoms. The number of ketones is 1. The van der Waals surface area contributed by atoms with Gasteiger partial charge in [-0.1, -0.05) is 30.3 Å². The molecule has 1 aromatic carbocycles. The van der Waals surface area contributed by atoms with Gasteiger partial charge in [0.1, 0.15) is 5.76 Å². The van der Waals surface area contributed by atoms with Crippen molar-refractivity contribution < 1.29 is 14.0 Å². The fraction of sp³-hybridized carbons (Fsp3) is 0.250. The summed E-state index contributed by atoms with van der Waals surface area (Å²) < 4.78 is 7.43. The number of fused-ring (bicyclic) bond motifs is 1. The van der Waals surface area contributed by atoms with E-state index in [1.165, 1.54) is 0 Å². The van der Waals surface area contributed by atoms with Crippen molar-refractivity contribution in [1.29, 1.82) is 0 Å². The molecule has 6 nitrogen and oxygen atoms in total. The second-order valence-electron chi connectivity index (χ2n) is 6.47. The molecule has 0 radical (unpaired) electrons. The molecular weight excluding hydrogens is 330 g/mol. The van der Waals surface area contributed by atoms with Gasteiger partial charge in [-0.3, -0.25) is 14.3 Å². The van der Waals surface area contributed by atoms with E-state index in [-0.39, 0.29) is 17.5 Å². The Bertz CT molecular complexity index is 970. The molecule has 0 atom stereocenters. The molecule has 2 aromatic heterocycles. The van der Waals surface area contributed by atoms with E-state index in [0.29, 0.717) is 42.1 Å². The lowest BCUT2D eigenvalue weighted by molar-refractivity contribution is 0.0963. The van der Waals surface area contributed by atoms with E-state index in [9.17, 15) is 9.59 Å². The number of hydrogen-bond acceptors (Lipinski definition) is 4. The van der Waals surface area contributed by atoms with E-state index >= 15 is 0 Å². The maximum absolute atomic E-state index is 12.6. The van der Waals surface area contributed by atoms with Crippen molar-refractivity contribution in [2.75, 3.05) is 5.32 Å². The lowest BCUT2D eigenvalue weighted by Gasteiger charge is -2.07. The van der Waals surface area contributed by atoms with Crippen LogP contribution in [0.15, 0.2) is 47.0 Å². The minimum Gasteiger partial charge on any atom is -0.455 e. The minimum absolute atomic E-state index is 0.0543. The van der Waals surface area contributed by atoms with Gasteiger partial charge < -0.3 is 9.73 Å². The lowest BCUT2D eigenvalue weighted by Crippen LogP contribution is -2.14. The Morgan fingerprint density at radius 2 is 2.04 bits per heavy atom. The van der Waals surface area contributed by atoms with Crippen molar-refractivity contribution in [3.05, 3.63) is 70.8 Å². The quantitative estimate of drug-likeness (QED) is 0.781. The van der Waals surface area contributed by atoms with Gasteiger partial charge in [0.25, 0.3) is 5.91 Å². The molecular formula is C20H19N3O3. The van der Waals surface area contributed by atoms with E-state index in [1.807, 2.05) is 36.5 Å². The highest BCUT2D eigenvalue weighted by atomic mass is 16.4. The molecule has 4 rings (SSSR count). The molecule has 3 aromatic rings. The zero-order chi connectivity index (χ0) is 18.1. The molecule has 1 aliphatic carbocycles. The summed E-state index contributed by atoms with van der Waals surface area (Å²) in [5.41, 5.74) is 2.32. The fourth-order valence-corrected chi connectivity index (χ4v) is 3.33. The van der Waals surface area contributed by atoms with Gasteiger partial charge in [-0.05, 0) is 18.9 Å². The SMILES string of the molecule is Cc1c(C(=O)Nc2ccn(Cc3ccccc3)n2)oc2c1C(=O)CCC2. The van der Waals surface area contributed by atoms with Gasteiger partial charge in [-0.15, -0.1) is 0 Å². The van der Waals surface area contributed by atoms with E-state index in [0.717, 1.165) is 12.0 Å². The number of amides is 1. The van der Waals surface area contributed by atoms with Crippen LogP contribution in [0.3, 0.4) is 0 Å². The summed E-state index contributed by atoms with van der Waals surface area (Å²) in [6.45, 7) is 2.38. The molecule has 0 saturated carbocycles. The number of furan rings is 1. The molecule has 0 aliphatic heterocycles. The zero-order valence-corrected chi connectivity index (χ0v) is 14.5. The monoisotopic (exact) mass is 349 g/mol. The van der Waals surface area contributed by atoms with Crippen LogP contribution in [-0.4, -0.2) is 21.5 Å². The van der Waals surface area contributed by atoms with Crippen LogP contribution in [0.2, 0.25) is 0 Å². The van der Waals surface area contributed by atoms with Crippen LogP contribution in [-0.2, 0) is 13.0 Å². The van der Waals surface area contributed by atoms with Gasteiger partial charge in [-0.25, -0.2) is 0 Å². The van der Waals surface area contributed by atoms with Crippen LogP contribution < -0.4 is 5.32 Å². The molecule has 0 unspecified atom stereocenters. The Kier molecular flexibility index (Phi) is 4.16. The van der Waals surface area contributed by atoms with E-state index in [2.05, 4.69) is 10.4 Å². The van der Waals surface area contributed by atoms with Crippen LogP contribution in [0.5, 0.6) is 0 Å². The molecule has 0 saturated heterocycles. The van der Waals surface area contributed by atoms with E-state index in [1.54, 1.807) is 17.7 Å². The number of nitrogens with zero attached hydrogens (tertiary/aromatic N) is 2. The smallest absolute Gasteiger partial charge is 0.292 e. The predicted molar refractivity (Wildman–Crippen MR) is 96.4 cm³/mol. The standard InChI is InChI=1S/C20H19N3O3/c1-13-18-15(24)8-5-9-16(18)26-19(13)20(25)21-17-10-11-23(22-17)12-14-6-3-2-4-7-14/h2-4,6-7,10-11H,5,8-9,12H2,1H3,(H,21,22,25). The first-order chi connectivity index (χ1) is 12.6. The lowest BCUT2D eigenvalue weighted by atomic mass is 9.94. The van der Waals surface area contributed by atoms with Crippen molar-refractivity contribution in [2.24, 2.45) is 0 Å². The van der Waals surface area contributed by atoms with Gasteiger partial charge in [0.15, 0.2) is 17.4 Å². The first-order valence-corrected chi connectivity index (χ1v) is 8.66. The summed E-state index contributed by atoms with van der Waals surface area (Å²) in [5.74, 6) is 0.945. The predicted octanol–water partition coefficient (Wildman–Crippen LogP) is 3.60. The van der Waals surface area contributed by atoms with Crippen LogP contribution in [0, 0.1) is 6.92 Å². The van der Waals surface area contributed by atoms with Crippen molar-refractivity contribution in [3.8, 4) is 0 Å². The number of rotatable bonds is 4. The average molecular weight is 349 g/mol. The fourth-order valence-electron chi connectivity index (χ4n) is 3.33. The number of Topliss-reactive ketones (excluding diaryl/α,β-unsaturated/α-hetero) is 1. The van der Waals surface area contributed by atoms with Crippen molar-refractivity contribution in [3.63, 3.8) is 0 Å². The van der Waals surface area contributed by atoms with Crippen LogP contribution >= 0.6 is 0 Å². The molecule has 0 spiro atoms. The second-order valence-corrected chi connectivity index (χ2v) is 6.47. The molecule has 2 heterocycles. The normalized spacial score (nSPS) is 13.5. The number of aromatic nitrogens is 2. The summed E-state index contributed by atoms with van der Waals surface area (Å²) >= 11 is 0. The van der Waals surface area contributed by atoms with E-state index < -0.39 is 0 Å². The van der Waals surface area contributed by atoms with Gasteiger partial charge in [0.2, 0.25) is 0 Å². The zero-order valence-electron chi connectivity index (χ0n) is 14.5. The Hall–Kier alpha value is -3.15. The van der Waals surface area contributed by atoms with Crippen LogP contribution in [0.25, 0.3) is 0 Å². The molecule has 0 fully saturated rings. The van der Waals surface area contributed by atoms with Gasteiger partial charge in [0.05, 0.1) is 12.1 Å². The second kappa shape index (κ2) is 6.63. The van der Waals surface area contributed by atoms with E-state index in [4.69, 9.17) is 4.42 Å². The largest absolute Gasteiger partial charge is 0.455 e. The maximum Gasteiger partial charge on any atom is 0.292 e. The average Bonchev–Trinajstić information content (AvgIpc) is 3.21. The highest BCUT2D eigenvalue weighted by Gasteiger charge is 2.28. The summed E-state index contributed by atoms with van der Waals surface area (Å²) in [6, 6.07) is 11.7. The first kappa shape index (κ1) is 16.3. The number of aryl methyl sites for hydroxylation is 1. The van der Waals surface area contributed by atoms with Crippen molar-refractivity contribution in [2.45, 2.75) is 32.7 Å². The summed E-state index contributed by atoms with van der Waals surface area (Å²) in [6.07, 6.45) is 3.79. The Balaban J connectivity index is 1.50. The summed E-state index contributed by atoms with van der Waals surface area (Å²) in [4.78, 5) is 24.6. The Morgan fingerprint density at radius 1 is 1.23 bits per heavy atom. The van der Waals surface area contributed by atoms with Crippen molar-refractivity contribution >= 4 is 17.5 Å². The summed E-state index contributed by atoms with van der Waals surface area (Å²) in [5, 5.41) is 7.13. The number of benzene rings is 1. The Labute approximate surface area is 150 Å². The third-order valence-electron chi connectivity index (χ3n) is 4.58. The first-order valence-electron chi connectivity index (χ1n) is 8.66. The Morgan fingerprint density at radius 3 is 2.81 bits per heavy atom. The molecule has 132 valence electrons. The number of anilines is 1. The maximum atomic E-state index is 12.6. The molecule has 26 heavy (non-hydrogen) atoms. The van der Waals surface area contributed by atoms with Crippen LogP contribution in [0.4, 0.5) is 5.82 Å². The molecule has 1 aliphatic rings. The van der Waals surface area contributed by atoms with Crippen LogP contribution in [0.1, 0.15) is 50.6 Å². The molecule has 1 N–H and O–H groups in total. The highest BCUT2D eigenvalue weighted by Crippen LogP contribution is 2.29. The number of carbonyl (C=O) groups excluding carboxylic acids is 2. The summed E-state index contributed by atoms with van der Waals surface area (Å²) in [7, 11) is 0. The van der Waals surface area contributed by atoms with Gasteiger partial charge in [0, 0.05) is 30.7 Å². The van der Waals surface area contributed by atoms with Gasteiger partial charge in [-0.2, -0.15) is 5.10 Å². The third-order valence-corrected chi connectivity index (χ3v) is 4.58. The highest BCUT2D eigenvalue weighted by molar-refractivity contribution is 6.07. The van der Waals surface area contributed by atoms with Crippen molar-refractivity contribution in [1.82, 2.24) is 9.78 Å². The number of nitrogens with one attached hydrogen (secondary N) is 1. The third kappa shape index (κ3) is 3.06. The number of carbonyl (C=O) groups is 2. The van der Waals surface area contributed by atoms with Gasteiger partial charge >= 0.3 is 0 Å². The number of hydrogen-bond donors (Lipinski definition) is 1. The molecule has 1 amide bonds. The molecule has 6 heteroatoms.